The van der Waals surface area contributed by atoms with E-state index >= 15 is 0 Å². The van der Waals surface area contributed by atoms with Gasteiger partial charge in [-0.25, -0.2) is 0 Å². The van der Waals surface area contributed by atoms with Gasteiger partial charge in [-0.1, -0.05) is 165 Å². The fraction of sp³-hybridized carbons (Fsp3) is 0.132. The minimum absolute atomic E-state index is 0.602. The molecule has 9 aromatic rings. The summed E-state index contributed by atoms with van der Waals surface area (Å²) in [6.45, 7) is 6.50. The molecular weight excluding hydrogens is 653 g/mol. The second-order valence-electron chi connectivity index (χ2n) is 14.9. The molecule has 1 heterocycles. The van der Waals surface area contributed by atoms with E-state index in [9.17, 15) is 0 Å². The highest BCUT2D eigenvalue weighted by Gasteiger charge is 2.25. The topological polar surface area (TPSA) is 13.1 Å². The highest BCUT2D eigenvalue weighted by Crippen LogP contribution is 2.49. The van der Waals surface area contributed by atoms with Crippen LogP contribution in [0.15, 0.2) is 157 Å². The van der Waals surface area contributed by atoms with Gasteiger partial charge >= 0.3 is 0 Å². The summed E-state index contributed by atoms with van der Waals surface area (Å²) in [6, 6.07) is 51.1. The van der Waals surface area contributed by atoms with Crippen molar-refractivity contribution < 1.29 is 4.42 Å². The lowest BCUT2D eigenvalue weighted by Gasteiger charge is -2.26. The lowest BCUT2D eigenvalue weighted by atomic mass is 9.78. The van der Waals surface area contributed by atoms with Gasteiger partial charge in [0.1, 0.15) is 11.2 Å². The smallest absolute Gasteiger partial charge is 0.136 e. The predicted molar refractivity (Wildman–Crippen MR) is 233 cm³/mol. The highest BCUT2D eigenvalue weighted by atomic mass is 16.3. The first-order valence-corrected chi connectivity index (χ1v) is 19.5. The third kappa shape index (κ3) is 5.06. The van der Waals surface area contributed by atoms with Crippen LogP contribution in [0.2, 0.25) is 0 Å². The zero-order chi connectivity index (χ0) is 36.2. The molecule has 0 bridgehead atoms. The number of fused-ring (bicyclic) bond motifs is 6. The molecule has 1 aliphatic carbocycles. The number of hydrogen-bond donors (Lipinski definition) is 0. The summed E-state index contributed by atoms with van der Waals surface area (Å²) < 4.78 is 6.84. The molecule has 0 amide bonds. The SMILES string of the molecule is C=Cc1c(/C=C\C)c(-c2ccccc2)c2ccccc2c1-c1cccc2oc3cc(-c4c5ccccc5c(C5CCCCC5)c5ccccc45)ccc3c12. The molecule has 54 heavy (non-hydrogen) atoms. The molecule has 0 atom stereocenters. The Kier molecular flexibility index (Phi) is 8.02. The maximum absolute atomic E-state index is 6.84. The minimum atomic E-state index is 0.602. The van der Waals surface area contributed by atoms with Crippen LogP contribution in [-0.4, -0.2) is 0 Å². The van der Waals surface area contributed by atoms with Crippen molar-refractivity contribution in [2.24, 2.45) is 0 Å². The fourth-order valence-corrected chi connectivity index (χ4v) is 9.73. The van der Waals surface area contributed by atoms with Crippen LogP contribution in [0.3, 0.4) is 0 Å². The van der Waals surface area contributed by atoms with Crippen molar-refractivity contribution in [3.8, 4) is 33.4 Å². The van der Waals surface area contributed by atoms with E-state index in [-0.39, 0.29) is 0 Å². The molecule has 0 aliphatic heterocycles. The number of hydrogen-bond acceptors (Lipinski definition) is 1. The first-order valence-electron chi connectivity index (χ1n) is 19.5. The maximum Gasteiger partial charge on any atom is 0.136 e. The molecule has 1 aliphatic rings. The van der Waals surface area contributed by atoms with Crippen LogP contribution >= 0.6 is 0 Å². The van der Waals surface area contributed by atoms with Gasteiger partial charge in [0, 0.05) is 10.8 Å². The Bertz CT molecular complexity index is 2880. The van der Waals surface area contributed by atoms with Gasteiger partial charge in [0.2, 0.25) is 0 Å². The van der Waals surface area contributed by atoms with Crippen molar-refractivity contribution in [3.63, 3.8) is 0 Å². The largest absolute Gasteiger partial charge is 0.456 e. The summed E-state index contributed by atoms with van der Waals surface area (Å²) in [5.41, 5.74) is 12.9. The first kappa shape index (κ1) is 32.5. The highest BCUT2D eigenvalue weighted by molar-refractivity contribution is 6.21. The van der Waals surface area contributed by atoms with Gasteiger partial charge in [0.05, 0.1) is 0 Å². The number of benzene rings is 8. The molecule has 10 rings (SSSR count). The van der Waals surface area contributed by atoms with E-state index in [1.165, 1.54) is 97.8 Å². The lowest BCUT2D eigenvalue weighted by Crippen LogP contribution is -2.06. The Morgan fingerprint density at radius 2 is 1.13 bits per heavy atom. The van der Waals surface area contributed by atoms with Gasteiger partial charge in [-0.3, -0.25) is 0 Å². The Morgan fingerprint density at radius 3 is 1.78 bits per heavy atom. The molecule has 0 spiro atoms. The van der Waals surface area contributed by atoms with Crippen molar-refractivity contribution in [1.82, 2.24) is 0 Å². The van der Waals surface area contributed by atoms with Gasteiger partial charge in [-0.2, -0.15) is 0 Å². The molecule has 0 N–H and O–H groups in total. The van der Waals surface area contributed by atoms with E-state index in [0.29, 0.717) is 5.92 Å². The molecule has 1 heteroatoms. The van der Waals surface area contributed by atoms with E-state index in [0.717, 1.165) is 33.1 Å². The molecule has 8 aromatic carbocycles. The molecule has 1 saturated carbocycles. The standard InChI is InChI=1S/C53H42O/c1-3-18-38-37(4-2)52(44-28-16-15-27-43(44)49(38)34-19-7-5-8-20-34)46-29-17-30-47-53(46)45-32-31-36(33-48(45)54-47)51-41-25-13-11-23-39(41)50(35-21-9-6-10-22-35)40-24-12-14-26-42(40)51/h3-5,7-8,11-20,23-33,35H,2,6,9-10,21-22H2,1H3/b18-3-. The zero-order valence-electron chi connectivity index (χ0n) is 30.7. The van der Waals surface area contributed by atoms with Crippen molar-refractivity contribution >= 4 is 66.4 Å². The average Bonchev–Trinajstić information content (AvgIpc) is 3.61. The quantitative estimate of drug-likeness (QED) is 0.158. The van der Waals surface area contributed by atoms with Crippen LogP contribution in [-0.2, 0) is 0 Å². The van der Waals surface area contributed by atoms with E-state index in [1.807, 2.05) is 6.08 Å². The zero-order valence-corrected chi connectivity index (χ0v) is 30.7. The van der Waals surface area contributed by atoms with Gasteiger partial charge in [0.15, 0.2) is 0 Å². The molecular formula is C53H42O. The number of rotatable bonds is 6. The van der Waals surface area contributed by atoms with Crippen LogP contribution in [0.4, 0.5) is 0 Å². The normalized spacial score (nSPS) is 13.9. The summed E-state index contributed by atoms with van der Waals surface area (Å²) in [6.07, 6.45) is 12.9. The maximum atomic E-state index is 6.84. The molecule has 0 radical (unpaired) electrons. The number of furan rings is 1. The Balaban J connectivity index is 1.23. The van der Waals surface area contributed by atoms with Crippen LogP contribution < -0.4 is 0 Å². The van der Waals surface area contributed by atoms with Gasteiger partial charge in [-0.15, -0.1) is 0 Å². The minimum Gasteiger partial charge on any atom is -0.456 e. The Hall–Kier alpha value is -6.18. The summed E-state index contributed by atoms with van der Waals surface area (Å²) >= 11 is 0. The molecule has 1 nitrogen and oxygen atoms in total. The first-order chi connectivity index (χ1) is 26.7. The van der Waals surface area contributed by atoms with Crippen LogP contribution in [0.5, 0.6) is 0 Å². The molecule has 0 unspecified atom stereocenters. The van der Waals surface area contributed by atoms with E-state index in [2.05, 4.69) is 165 Å². The van der Waals surface area contributed by atoms with Gasteiger partial charge in [0.25, 0.3) is 0 Å². The lowest BCUT2D eigenvalue weighted by molar-refractivity contribution is 0.447. The monoisotopic (exact) mass is 694 g/mol. The second kappa shape index (κ2) is 13.3. The van der Waals surface area contributed by atoms with E-state index in [4.69, 9.17) is 4.42 Å². The molecule has 1 aromatic heterocycles. The molecule has 0 saturated heterocycles. The van der Waals surface area contributed by atoms with Crippen molar-refractivity contribution in [3.05, 3.63) is 169 Å². The summed E-state index contributed by atoms with van der Waals surface area (Å²) in [4.78, 5) is 0. The Morgan fingerprint density at radius 1 is 0.519 bits per heavy atom. The van der Waals surface area contributed by atoms with E-state index in [1.54, 1.807) is 5.56 Å². The van der Waals surface area contributed by atoms with Crippen molar-refractivity contribution in [1.29, 1.82) is 0 Å². The Labute approximate surface area is 316 Å². The van der Waals surface area contributed by atoms with Gasteiger partial charge < -0.3 is 4.42 Å². The third-order valence-electron chi connectivity index (χ3n) is 11.9. The van der Waals surface area contributed by atoms with Crippen molar-refractivity contribution in [2.75, 3.05) is 0 Å². The summed E-state index contributed by atoms with van der Waals surface area (Å²) in [7, 11) is 0. The predicted octanol–water partition coefficient (Wildman–Crippen LogP) is 15.8. The summed E-state index contributed by atoms with van der Waals surface area (Å²) in [5, 5.41) is 10.1. The van der Waals surface area contributed by atoms with Crippen molar-refractivity contribution in [2.45, 2.75) is 44.9 Å². The van der Waals surface area contributed by atoms with Crippen LogP contribution in [0, 0.1) is 0 Å². The van der Waals surface area contributed by atoms with E-state index < -0.39 is 0 Å². The fourth-order valence-electron chi connectivity index (χ4n) is 9.73. The second-order valence-corrected chi connectivity index (χ2v) is 14.9. The summed E-state index contributed by atoms with van der Waals surface area (Å²) in [5.74, 6) is 0.602. The van der Waals surface area contributed by atoms with Gasteiger partial charge in [-0.05, 0) is 126 Å². The van der Waals surface area contributed by atoms with Crippen LogP contribution in [0.25, 0.3) is 99.8 Å². The van der Waals surface area contributed by atoms with Crippen LogP contribution in [0.1, 0.15) is 61.6 Å². The number of allylic oxidation sites excluding steroid dienone is 1. The molecule has 260 valence electrons. The molecule has 1 fully saturated rings. The third-order valence-corrected chi connectivity index (χ3v) is 11.9. The average molecular weight is 695 g/mol.